The summed E-state index contributed by atoms with van der Waals surface area (Å²) in [7, 11) is 0. The third-order valence-corrected chi connectivity index (χ3v) is 8.00. The normalized spacial score (nSPS) is 42.0. The van der Waals surface area contributed by atoms with E-state index in [1.54, 1.807) is 0 Å². The van der Waals surface area contributed by atoms with Crippen molar-refractivity contribution < 1.29 is 14.7 Å². The Bertz CT molecular complexity index is 642. The smallest absolute Gasteiger partial charge is 0.147 e. The van der Waals surface area contributed by atoms with Gasteiger partial charge in [-0.25, -0.2) is 0 Å². The van der Waals surface area contributed by atoms with E-state index >= 15 is 0 Å². The molecular formula is C17H19IO3. The van der Waals surface area contributed by atoms with Crippen LogP contribution in [0.3, 0.4) is 0 Å². The number of hydrogen-bond donors (Lipinski definition) is 1. The van der Waals surface area contributed by atoms with E-state index in [9.17, 15) is 14.7 Å². The molecule has 112 valence electrons. The van der Waals surface area contributed by atoms with Crippen LogP contribution in [0.25, 0.3) is 0 Å². The van der Waals surface area contributed by atoms with E-state index in [0.29, 0.717) is 34.1 Å². The van der Waals surface area contributed by atoms with E-state index < -0.39 is 20.7 Å². The number of aliphatic hydroxyl groups excluding tert-OH is 1. The van der Waals surface area contributed by atoms with E-state index in [4.69, 9.17) is 0 Å². The zero-order chi connectivity index (χ0) is 14.8. The Morgan fingerprint density at radius 3 is 2.95 bits per heavy atom. The third kappa shape index (κ3) is 1.87. The first-order chi connectivity index (χ1) is 10.0. The van der Waals surface area contributed by atoms with Gasteiger partial charge in [-0.15, -0.1) is 0 Å². The van der Waals surface area contributed by atoms with Gasteiger partial charge in [-0.1, -0.05) is 6.92 Å². The summed E-state index contributed by atoms with van der Waals surface area (Å²) in [6.45, 7) is 2.09. The maximum Gasteiger partial charge on any atom is 0.147 e. The monoisotopic (exact) mass is 398 g/mol. The van der Waals surface area contributed by atoms with E-state index in [1.165, 1.54) is 5.57 Å². The second kappa shape index (κ2) is 4.61. The fourth-order valence-corrected chi connectivity index (χ4v) is 7.00. The average Bonchev–Trinajstić information content (AvgIpc) is 2.74. The van der Waals surface area contributed by atoms with Crippen LogP contribution in [0.4, 0.5) is 0 Å². The minimum absolute atomic E-state index is 0.0443. The van der Waals surface area contributed by atoms with Crippen LogP contribution in [0.1, 0.15) is 39.0 Å². The predicted molar refractivity (Wildman–Crippen MR) is 89.5 cm³/mol. The quantitative estimate of drug-likeness (QED) is 0.636. The molecule has 4 heteroatoms. The van der Waals surface area contributed by atoms with Crippen LogP contribution in [-0.4, -0.2) is 20.7 Å². The van der Waals surface area contributed by atoms with Crippen molar-refractivity contribution in [2.45, 2.75) is 39.0 Å². The Labute approximate surface area is 134 Å². The molecule has 0 radical (unpaired) electrons. The van der Waals surface area contributed by atoms with Crippen LogP contribution in [0.2, 0.25) is 0 Å². The van der Waals surface area contributed by atoms with Gasteiger partial charge in [0.25, 0.3) is 0 Å². The van der Waals surface area contributed by atoms with Crippen molar-refractivity contribution in [3.05, 3.63) is 21.0 Å². The molecule has 1 aliphatic heterocycles. The van der Waals surface area contributed by atoms with Crippen molar-refractivity contribution in [2.75, 3.05) is 0 Å². The Balaban J connectivity index is 1.77. The molecule has 4 rings (SSSR count). The molecule has 0 aromatic heterocycles. The number of hydrogen-bond acceptors (Lipinski definition) is 3. The van der Waals surface area contributed by atoms with Gasteiger partial charge in [0.1, 0.15) is 15.3 Å². The highest BCUT2D eigenvalue weighted by molar-refractivity contribution is 14.2. The second-order valence-corrected chi connectivity index (χ2v) is 9.32. The van der Waals surface area contributed by atoms with Crippen LogP contribution < -0.4 is 0 Å². The van der Waals surface area contributed by atoms with Gasteiger partial charge in [-0.3, -0.25) is 9.59 Å². The summed E-state index contributed by atoms with van der Waals surface area (Å²) >= 11 is -0.424. The SMILES string of the molecule is C[C@]12CC[C@@H]3C4=C(C=C(O)I=C4)CC(=O)[C@H]3[C@@H]1CCC2=O. The third-order valence-electron chi connectivity index (χ3n) is 6.06. The first kappa shape index (κ1) is 13.9. The van der Waals surface area contributed by atoms with Crippen LogP contribution in [0.15, 0.2) is 21.0 Å². The number of allylic oxidation sites excluding steroid dienone is 3. The van der Waals surface area contributed by atoms with Crippen molar-refractivity contribution in [3.63, 3.8) is 0 Å². The number of Topliss-reactive ketones (excluding diaryl/α,β-unsaturated/α-hetero) is 2. The lowest BCUT2D eigenvalue weighted by atomic mass is 9.55. The number of aliphatic hydroxyl groups is 1. The molecule has 1 N–H and O–H groups in total. The summed E-state index contributed by atoms with van der Waals surface area (Å²) in [5, 5.41) is 9.74. The fourth-order valence-electron chi connectivity index (χ4n) is 4.93. The highest BCUT2D eigenvalue weighted by Crippen LogP contribution is 2.58. The molecular weight excluding hydrogens is 379 g/mol. The molecule has 0 spiro atoms. The lowest BCUT2D eigenvalue weighted by molar-refractivity contribution is -0.135. The van der Waals surface area contributed by atoms with E-state index in [-0.39, 0.29) is 17.3 Å². The lowest BCUT2D eigenvalue weighted by Gasteiger charge is -2.47. The summed E-state index contributed by atoms with van der Waals surface area (Å²) in [6, 6.07) is 0. The largest absolute Gasteiger partial charge is 0.503 e. The second-order valence-electron chi connectivity index (χ2n) is 6.97. The topological polar surface area (TPSA) is 54.4 Å². The fraction of sp³-hybridized carbons (Fsp3) is 0.588. The summed E-state index contributed by atoms with van der Waals surface area (Å²) in [5.74, 6) is 1.26. The molecule has 0 saturated heterocycles. The average molecular weight is 398 g/mol. The highest BCUT2D eigenvalue weighted by atomic mass is 127. The van der Waals surface area contributed by atoms with Gasteiger partial charge in [0.05, 0.1) is 0 Å². The molecule has 4 atom stereocenters. The lowest BCUT2D eigenvalue weighted by Crippen LogP contribution is -2.47. The molecule has 3 aliphatic carbocycles. The molecule has 0 amide bonds. The number of carbonyl (C=O) groups is 2. The minimum atomic E-state index is -0.424. The number of rotatable bonds is 0. The van der Waals surface area contributed by atoms with Crippen molar-refractivity contribution in [1.29, 1.82) is 0 Å². The van der Waals surface area contributed by atoms with Gasteiger partial charge >= 0.3 is 0 Å². The molecule has 0 unspecified atom stereocenters. The zero-order valence-corrected chi connectivity index (χ0v) is 14.2. The molecule has 3 nitrogen and oxygen atoms in total. The van der Waals surface area contributed by atoms with Crippen LogP contribution in [0.5, 0.6) is 0 Å². The van der Waals surface area contributed by atoms with Gasteiger partial charge in [-0.2, -0.15) is 0 Å². The van der Waals surface area contributed by atoms with Crippen molar-refractivity contribution in [2.24, 2.45) is 23.2 Å². The molecule has 4 aliphatic rings. The predicted octanol–water partition coefficient (Wildman–Crippen LogP) is 3.45. The van der Waals surface area contributed by atoms with Crippen molar-refractivity contribution in [1.82, 2.24) is 0 Å². The van der Waals surface area contributed by atoms with Crippen molar-refractivity contribution in [3.8, 4) is 0 Å². The first-order valence-electron chi connectivity index (χ1n) is 7.67. The van der Waals surface area contributed by atoms with E-state index in [1.807, 2.05) is 6.08 Å². The molecule has 0 bridgehead atoms. The Morgan fingerprint density at radius 1 is 1.33 bits per heavy atom. The Kier molecular flexibility index (Phi) is 3.04. The van der Waals surface area contributed by atoms with Gasteiger partial charge in [-0.05, 0) is 73.1 Å². The van der Waals surface area contributed by atoms with Crippen LogP contribution >= 0.6 is 20.7 Å². The first-order valence-corrected chi connectivity index (χ1v) is 9.99. The highest BCUT2D eigenvalue weighted by Gasteiger charge is 2.57. The number of fused-ring (bicyclic) bond motifs is 4. The summed E-state index contributed by atoms with van der Waals surface area (Å²) < 4.78 is 2.68. The molecule has 0 aromatic rings. The number of halogens is 1. The summed E-state index contributed by atoms with van der Waals surface area (Å²) in [6.07, 6.45) is 5.69. The Morgan fingerprint density at radius 2 is 2.14 bits per heavy atom. The summed E-state index contributed by atoms with van der Waals surface area (Å²) in [5.41, 5.74) is 2.11. The van der Waals surface area contributed by atoms with Gasteiger partial charge in [0.2, 0.25) is 0 Å². The van der Waals surface area contributed by atoms with Gasteiger partial charge in [0, 0.05) is 24.2 Å². The van der Waals surface area contributed by atoms with Crippen molar-refractivity contribution >= 4 is 36.3 Å². The molecule has 2 fully saturated rings. The molecule has 2 saturated carbocycles. The van der Waals surface area contributed by atoms with Crippen LogP contribution in [0, 0.1) is 23.2 Å². The van der Waals surface area contributed by atoms with Crippen LogP contribution in [-0.2, 0) is 9.59 Å². The molecule has 0 aromatic carbocycles. The Hall–Kier alpha value is -0.780. The zero-order valence-electron chi connectivity index (χ0n) is 12.1. The molecule has 1 heterocycles. The maximum atomic E-state index is 12.7. The standard InChI is InChI=1S/C17H19IO3/c1-17-5-4-10-11-8-18-15(21)7-9(11)6-13(19)16(10)12(17)2-3-14(17)20/h7-8,10,12,16,21H,2-6H2,1H3/t10-,12+,16-,17+/m1/s1. The molecule has 21 heavy (non-hydrogen) atoms. The summed E-state index contributed by atoms with van der Waals surface area (Å²) in [4.78, 5) is 25.0. The number of carbonyl (C=O) groups excluding carboxylic acids is 2. The van der Waals surface area contributed by atoms with Gasteiger partial charge in [0.15, 0.2) is 0 Å². The minimum Gasteiger partial charge on any atom is -0.503 e. The number of ketones is 2. The van der Waals surface area contributed by atoms with Gasteiger partial charge < -0.3 is 5.11 Å². The van der Waals surface area contributed by atoms with E-state index in [2.05, 4.69) is 10.9 Å². The maximum absolute atomic E-state index is 12.7. The van der Waals surface area contributed by atoms with E-state index in [0.717, 1.165) is 24.8 Å².